The predicted octanol–water partition coefficient (Wildman–Crippen LogP) is 4.12. The molecule has 2 aromatic heterocycles. The van der Waals surface area contributed by atoms with Crippen LogP contribution >= 0.6 is 23.1 Å². The lowest BCUT2D eigenvalue weighted by molar-refractivity contribution is 0.0393. The third-order valence-electron chi connectivity index (χ3n) is 3.71. The van der Waals surface area contributed by atoms with Gasteiger partial charge in [0, 0.05) is 17.7 Å². The van der Waals surface area contributed by atoms with Crippen LogP contribution in [0.25, 0.3) is 10.2 Å². The maximum Gasteiger partial charge on any atom is 0.348 e. The van der Waals surface area contributed by atoms with Crippen LogP contribution in [0.4, 0.5) is 11.5 Å². The quantitative estimate of drug-likeness (QED) is 0.274. The molecule has 1 aromatic carbocycles. The number of hydrogen-bond donors (Lipinski definition) is 1. The number of aromatic nitrogens is 2. The number of aryl methyl sites for hydroxylation is 1. The number of esters is 1. The van der Waals surface area contributed by atoms with E-state index in [1.165, 1.54) is 17.7 Å². The van der Waals surface area contributed by atoms with Crippen molar-refractivity contribution < 1.29 is 14.3 Å². The first-order chi connectivity index (χ1) is 13.1. The van der Waals surface area contributed by atoms with E-state index < -0.39 is 5.97 Å². The van der Waals surface area contributed by atoms with Crippen LogP contribution in [0.3, 0.4) is 0 Å². The van der Waals surface area contributed by atoms with Gasteiger partial charge in [0.1, 0.15) is 33.9 Å². The number of hydrogen-bond acceptors (Lipinski definition) is 9. The van der Waals surface area contributed by atoms with E-state index >= 15 is 0 Å². The van der Waals surface area contributed by atoms with Gasteiger partial charge in [0.2, 0.25) is 0 Å². The number of rotatable bonds is 7. The van der Waals surface area contributed by atoms with Crippen LogP contribution in [0, 0.1) is 17.6 Å². The minimum atomic E-state index is -0.392. The highest BCUT2D eigenvalue weighted by atomic mass is 32.2. The molecule has 3 aromatic rings. The van der Waals surface area contributed by atoms with Gasteiger partial charge < -0.3 is 14.8 Å². The fraction of sp³-hybridized carbons (Fsp3) is 0.222. The lowest BCUT2D eigenvalue weighted by atomic mass is 10.2. The number of nitriles is 1. The van der Waals surface area contributed by atoms with Crippen molar-refractivity contribution in [1.82, 2.24) is 9.97 Å². The van der Waals surface area contributed by atoms with Crippen LogP contribution in [-0.4, -0.2) is 36.3 Å². The summed E-state index contributed by atoms with van der Waals surface area (Å²) in [5, 5.41) is 14.8. The number of carbonyl (C=O) groups is 1. The summed E-state index contributed by atoms with van der Waals surface area (Å²) in [5.74, 6) is 0.224. The Hall–Kier alpha value is -2.67. The first-order valence-corrected chi connectivity index (χ1v) is 9.60. The second-order valence-corrected chi connectivity index (χ2v) is 7.29. The summed E-state index contributed by atoms with van der Waals surface area (Å²) in [7, 11) is 1.55. The SMILES string of the molecule is COCCOC(=O)c1sc2ncnc(Nc3ccc(SC#N)cc3)c2c1C. The fourth-order valence-corrected chi connectivity index (χ4v) is 3.86. The van der Waals surface area contributed by atoms with Crippen LogP contribution in [-0.2, 0) is 9.47 Å². The second kappa shape index (κ2) is 8.81. The Labute approximate surface area is 164 Å². The van der Waals surface area contributed by atoms with Crippen molar-refractivity contribution in [3.05, 3.63) is 41.0 Å². The highest BCUT2D eigenvalue weighted by Gasteiger charge is 2.20. The normalized spacial score (nSPS) is 10.6. The number of thioether (sulfide) groups is 1. The summed E-state index contributed by atoms with van der Waals surface area (Å²) in [6.07, 6.45) is 1.46. The Morgan fingerprint density at radius 2 is 2.07 bits per heavy atom. The van der Waals surface area contributed by atoms with Crippen molar-refractivity contribution in [2.45, 2.75) is 11.8 Å². The molecular formula is C18H16N4O3S2. The predicted molar refractivity (Wildman–Crippen MR) is 106 cm³/mol. The van der Waals surface area contributed by atoms with Gasteiger partial charge in [-0.05, 0) is 48.5 Å². The molecule has 0 bridgehead atoms. The van der Waals surface area contributed by atoms with Gasteiger partial charge in [-0.15, -0.1) is 11.3 Å². The molecule has 0 aliphatic carbocycles. The van der Waals surface area contributed by atoms with Gasteiger partial charge in [-0.3, -0.25) is 0 Å². The Morgan fingerprint density at radius 1 is 1.30 bits per heavy atom. The number of thiophene rings is 1. The number of thiocyanates is 1. The molecule has 2 heterocycles. The number of nitrogens with zero attached hydrogens (tertiary/aromatic N) is 3. The smallest absolute Gasteiger partial charge is 0.348 e. The van der Waals surface area contributed by atoms with E-state index in [9.17, 15) is 4.79 Å². The Kier molecular flexibility index (Phi) is 6.24. The maximum absolute atomic E-state index is 12.3. The molecule has 27 heavy (non-hydrogen) atoms. The molecule has 9 heteroatoms. The van der Waals surface area contributed by atoms with Gasteiger partial charge in [-0.2, -0.15) is 5.26 Å². The summed E-state index contributed by atoms with van der Waals surface area (Å²) in [5.41, 5.74) is 1.60. The van der Waals surface area contributed by atoms with Crippen molar-refractivity contribution in [2.75, 3.05) is 25.6 Å². The van der Waals surface area contributed by atoms with Crippen molar-refractivity contribution >= 4 is 50.8 Å². The van der Waals surface area contributed by atoms with Gasteiger partial charge >= 0.3 is 5.97 Å². The number of fused-ring (bicyclic) bond motifs is 1. The van der Waals surface area contributed by atoms with Gasteiger partial charge in [-0.25, -0.2) is 14.8 Å². The fourth-order valence-electron chi connectivity index (χ4n) is 2.44. The number of nitrogens with one attached hydrogen (secondary N) is 1. The average molecular weight is 400 g/mol. The third kappa shape index (κ3) is 4.36. The zero-order valence-electron chi connectivity index (χ0n) is 14.7. The van der Waals surface area contributed by atoms with E-state index in [4.69, 9.17) is 14.7 Å². The molecule has 0 unspecified atom stereocenters. The topological polar surface area (TPSA) is 97.1 Å². The molecule has 0 radical (unpaired) electrons. The van der Waals surface area contributed by atoms with E-state index in [2.05, 4.69) is 15.3 Å². The van der Waals surface area contributed by atoms with E-state index in [-0.39, 0.29) is 6.61 Å². The Balaban J connectivity index is 1.88. The molecular weight excluding hydrogens is 384 g/mol. The largest absolute Gasteiger partial charge is 0.459 e. The molecule has 0 amide bonds. The lowest BCUT2D eigenvalue weighted by Crippen LogP contribution is -2.09. The molecule has 0 spiro atoms. The summed E-state index contributed by atoms with van der Waals surface area (Å²) < 4.78 is 10.1. The first kappa shape index (κ1) is 19.1. The third-order valence-corrected chi connectivity index (χ3v) is 5.49. The van der Waals surface area contributed by atoms with E-state index in [0.29, 0.717) is 22.1 Å². The van der Waals surface area contributed by atoms with Gasteiger partial charge in [0.15, 0.2) is 0 Å². The van der Waals surface area contributed by atoms with E-state index in [1.54, 1.807) is 7.11 Å². The molecule has 0 saturated carbocycles. The van der Waals surface area contributed by atoms with Crippen LogP contribution in [0.15, 0.2) is 35.5 Å². The van der Waals surface area contributed by atoms with Crippen molar-refractivity contribution in [1.29, 1.82) is 5.26 Å². The van der Waals surface area contributed by atoms with Gasteiger partial charge in [0.25, 0.3) is 0 Å². The molecule has 0 aliphatic rings. The molecule has 0 fully saturated rings. The minimum Gasteiger partial charge on any atom is -0.459 e. The molecule has 7 nitrogen and oxygen atoms in total. The molecule has 0 saturated heterocycles. The van der Waals surface area contributed by atoms with Gasteiger partial charge in [-0.1, -0.05) is 0 Å². The number of methoxy groups -OCH3 is 1. The molecule has 3 rings (SSSR count). The molecule has 0 aliphatic heterocycles. The zero-order valence-corrected chi connectivity index (χ0v) is 16.3. The van der Waals surface area contributed by atoms with Crippen LogP contribution in [0.5, 0.6) is 0 Å². The highest BCUT2D eigenvalue weighted by Crippen LogP contribution is 2.35. The number of carbonyl (C=O) groups excluding carboxylic acids is 1. The summed E-state index contributed by atoms with van der Waals surface area (Å²) in [6, 6.07) is 7.45. The summed E-state index contributed by atoms with van der Waals surface area (Å²) in [4.78, 5) is 23.0. The van der Waals surface area contributed by atoms with E-state index in [1.807, 2.05) is 36.6 Å². The molecule has 1 N–H and O–H groups in total. The Morgan fingerprint density at radius 3 is 2.78 bits per heavy atom. The van der Waals surface area contributed by atoms with Crippen LogP contribution in [0.2, 0.25) is 0 Å². The van der Waals surface area contributed by atoms with Crippen LogP contribution < -0.4 is 5.32 Å². The molecule has 0 atom stereocenters. The Bertz CT molecular complexity index is 996. The van der Waals surface area contributed by atoms with Crippen molar-refractivity contribution in [3.8, 4) is 5.40 Å². The zero-order chi connectivity index (χ0) is 19.2. The van der Waals surface area contributed by atoms with Gasteiger partial charge in [0.05, 0.1) is 12.0 Å². The minimum absolute atomic E-state index is 0.201. The highest BCUT2D eigenvalue weighted by molar-refractivity contribution is 8.03. The first-order valence-electron chi connectivity index (χ1n) is 7.97. The second-order valence-electron chi connectivity index (χ2n) is 5.43. The van der Waals surface area contributed by atoms with E-state index in [0.717, 1.165) is 33.3 Å². The number of ether oxygens (including phenoxy) is 2. The standard InChI is InChI=1S/C18H16N4O3S2/c1-11-14-16(22-12-3-5-13(6-4-12)26-9-19)20-10-21-17(14)27-15(11)18(23)25-8-7-24-2/h3-6,10H,7-8H2,1-2H3,(H,20,21,22). The van der Waals surface area contributed by atoms with Crippen LogP contribution in [0.1, 0.15) is 15.2 Å². The lowest BCUT2D eigenvalue weighted by Gasteiger charge is -2.08. The number of anilines is 2. The summed E-state index contributed by atoms with van der Waals surface area (Å²) >= 11 is 2.38. The van der Waals surface area contributed by atoms with Crippen molar-refractivity contribution in [3.63, 3.8) is 0 Å². The average Bonchev–Trinajstić information content (AvgIpc) is 3.01. The molecule has 138 valence electrons. The monoisotopic (exact) mass is 400 g/mol. The van der Waals surface area contributed by atoms with Crippen molar-refractivity contribution in [2.24, 2.45) is 0 Å². The summed E-state index contributed by atoms with van der Waals surface area (Å²) in [6.45, 7) is 2.40. The maximum atomic E-state index is 12.3. The number of benzene rings is 1.